The fourth-order valence-electron chi connectivity index (χ4n) is 3.33. The Kier molecular flexibility index (Phi) is 4.23. The number of nitrogens with zero attached hydrogens (tertiary/aromatic N) is 7. The molecule has 148 valence electrons. The van der Waals surface area contributed by atoms with Crippen LogP contribution in [0.4, 0.5) is 5.82 Å². The van der Waals surface area contributed by atoms with Crippen LogP contribution in [0.15, 0.2) is 35.5 Å². The smallest absolute Gasteiger partial charge is 0.291 e. The average Bonchev–Trinajstić information content (AvgIpc) is 3.47. The van der Waals surface area contributed by atoms with Crippen molar-refractivity contribution in [2.45, 2.75) is 13.1 Å². The van der Waals surface area contributed by atoms with Gasteiger partial charge in [0.15, 0.2) is 5.65 Å². The normalized spacial score (nSPS) is 11.8. The Hall–Kier alpha value is -3.35. The second-order valence-corrected chi connectivity index (χ2v) is 7.65. The Morgan fingerprint density at radius 1 is 1.31 bits per heavy atom. The summed E-state index contributed by atoms with van der Waals surface area (Å²) in [5, 5.41) is 17.2. The molecular formula is C17H18N9O2S+. The Balaban J connectivity index is 1.52. The molecule has 3 N–H and O–H groups in total. The van der Waals surface area contributed by atoms with Gasteiger partial charge in [0.25, 0.3) is 11.4 Å². The molecule has 0 aliphatic rings. The standard InChI is InChI=1S/C17H17N9O2S/c1-24-14-11(7-19-26(17(14)27)8-10-3-5-18-21-10)15-16(24)20-13(29-15)9-25-6-4-12(22-25)23-28-2/h3-7H,8-9H2,1-2H3,(H,18,21)(H,22,23)/p+1. The lowest BCUT2D eigenvalue weighted by Crippen LogP contribution is -2.76. The number of nitrogens with two attached hydrogens (primary N) is 1. The van der Waals surface area contributed by atoms with Gasteiger partial charge in [0.05, 0.1) is 36.8 Å². The number of H-pyrrole nitrogens is 1. The molecule has 0 spiro atoms. The van der Waals surface area contributed by atoms with Crippen molar-refractivity contribution in [3.63, 3.8) is 0 Å². The number of hydrogen-bond donors (Lipinski definition) is 2. The predicted octanol–water partition coefficient (Wildman–Crippen LogP) is 0.117. The molecule has 0 unspecified atom stereocenters. The lowest BCUT2D eigenvalue weighted by Gasteiger charge is -2.04. The first-order valence-electron chi connectivity index (χ1n) is 8.85. The number of aromatic amines is 1. The largest absolute Gasteiger partial charge is 0.323 e. The van der Waals surface area contributed by atoms with Crippen molar-refractivity contribution in [2.24, 2.45) is 7.05 Å². The summed E-state index contributed by atoms with van der Waals surface area (Å²) < 4.78 is 6.02. The van der Waals surface area contributed by atoms with Crippen LogP contribution in [0.2, 0.25) is 0 Å². The van der Waals surface area contributed by atoms with Gasteiger partial charge in [0.2, 0.25) is 0 Å². The van der Waals surface area contributed by atoms with Crippen LogP contribution in [-0.2, 0) is 25.0 Å². The third-order valence-electron chi connectivity index (χ3n) is 4.65. The number of thiazole rings is 1. The van der Waals surface area contributed by atoms with Crippen molar-refractivity contribution in [3.8, 4) is 0 Å². The van der Waals surface area contributed by atoms with E-state index in [2.05, 4.69) is 20.4 Å². The molecule has 0 aliphatic carbocycles. The van der Waals surface area contributed by atoms with Crippen molar-refractivity contribution in [2.75, 3.05) is 7.11 Å². The Morgan fingerprint density at radius 2 is 2.21 bits per heavy atom. The molecule has 0 atom stereocenters. The SMILES string of the molecule is CO[NH2+]c1ccn(Cc2nc3c(s2)c2cnn(Cc4ccn[nH]4)c(=O)c2n3C)n1. The van der Waals surface area contributed by atoms with E-state index in [0.29, 0.717) is 18.6 Å². The number of quaternary nitrogens is 1. The van der Waals surface area contributed by atoms with Gasteiger partial charge in [-0.3, -0.25) is 14.6 Å². The van der Waals surface area contributed by atoms with E-state index in [-0.39, 0.29) is 5.56 Å². The van der Waals surface area contributed by atoms with E-state index in [9.17, 15) is 4.79 Å². The van der Waals surface area contributed by atoms with Gasteiger partial charge in [-0.2, -0.15) is 15.7 Å². The van der Waals surface area contributed by atoms with Crippen molar-refractivity contribution in [3.05, 3.63) is 51.8 Å². The number of aryl methyl sites for hydroxylation is 1. The Morgan fingerprint density at radius 3 is 3.00 bits per heavy atom. The highest BCUT2D eigenvalue weighted by atomic mass is 32.1. The third kappa shape index (κ3) is 3.03. The minimum absolute atomic E-state index is 0.154. The number of fused-ring (bicyclic) bond motifs is 3. The van der Waals surface area contributed by atoms with E-state index >= 15 is 0 Å². The first-order chi connectivity index (χ1) is 14.1. The summed E-state index contributed by atoms with van der Waals surface area (Å²) >= 11 is 1.55. The highest BCUT2D eigenvalue weighted by Crippen LogP contribution is 2.31. The van der Waals surface area contributed by atoms with Gasteiger partial charge in [-0.15, -0.1) is 16.4 Å². The molecule has 5 aromatic heterocycles. The maximum atomic E-state index is 13.0. The van der Waals surface area contributed by atoms with Crippen LogP contribution in [0.3, 0.4) is 0 Å². The number of rotatable bonds is 6. The summed E-state index contributed by atoms with van der Waals surface area (Å²) in [7, 11) is 3.45. The van der Waals surface area contributed by atoms with Crippen molar-refractivity contribution < 1.29 is 10.3 Å². The fraction of sp³-hybridized carbons (Fsp3) is 0.235. The van der Waals surface area contributed by atoms with E-state index < -0.39 is 0 Å². The molecule has 0 radical (unpaired) electrons. The van der Waals surface area contributed by atoms with Crippen LogP contribution in [-0.4, -0.2) is 46.4 Å². The topological polar surface area (TPSA) is 125 Å². The zero-order valence-corrected chi connectivity index (χ0v) is 16.6. The van der Waals surface area contributed by atoms with Gasteiger partial charge >= 0.3 is 0 Å². The van der Waals surface area contributed by atoms with E-state index in [1.54, 1.807) is 41.0 Å². The number of aromatic nitrogens is 8. The van der Waals surface area contributed by atoms with Crippen molar-refractivity contribution >= 4 is 38.4 Å². The van der Waals surface area contributed by atoms with Crippen LogP contribution >= 0.6 is 11.3 Å². The summed E-state index contributed by atoms with van der Waals surface area (Å²) in [6, 6.07) is 3.69. The second kappa shape index (κ2) is 6.92. The second-order valence-electron chi connectivity index (χ2n) is 6.56. The maximum absolute atomic E-state index is 13.0. The minimum atomic E-state index is -0.154. The van der Waals surface area contributed by atoms with Crippen LogP contribution in [0.5, 0.6) is 0 Å². The third-order valence-corrected chi connectivity index (χ3v) is 5.71. The zero-order chi connectivity index (χ0) is 20.0. The lowest BCUT2D eigenvalue weighted by molar-refractivity contribution is -0.832. The van der Waals surface area contributed by atoms with Crippen LogP contribution < -0.4 is 11.0 Å². The Bertz CT molecular complexity index is 1360. The molecule has 0 bridgehead atoms. The minimum Gasteiger partial charge on any atom is -0.323 e. The molecule has 12 heteroatoms. The molecule has 0 aliphatic heterocycles. The molecule has 0 saturated carbocycles. The molecule has 0 amide bonds. The van der Waals surface area contributed by atoms with E-state index in [1.165, 1.54) is 4.68 Å². The average molecular weight is 412 g/mol. The van der Waals surface area contributed by atoms with Crippen LogP contribution in [0.25, 0.3) is 21.3 Å². The molecule has 5 aromatic rings. The van der Waals surface area contributed by atoms with Gasteiger partial charge in [-0.1, -0.05) is 0 Å². The van der Waals surface area contributed by atoms with Gasteiger partial charge < -0.3 is 4.57 Å². The molecule has 29 heavy (non-hydrogen) atoms. The molecule has 0 saturated heterocycles. The zero-order valence-electron chi connectivity index (χ0n) is 15.7. The quantitative estimate of drug-likeness (QED) is 0.382. The number of nitrogens with one attached hydrogen (secondary N) is 1. The van der Waals surface area contributed by atoms with Crippen LogP contribution in [0, 0.1) is 0 Å². The van der Waals surface area contributed by atoms with Gasteiger partial charge in [-0.05, 0) is 6.07 Å². The summed E-state index contributed by atoms with van der Waals surface area (Å²) in [6.07, 6.45) is 5.26. The van der Waals surface area contributed by atoms with Gasteiger partial charge in [-0.25, -0.2) is 14.5 Å². The molecule has 0 fully saturated rings. The summed E-state index contributed by atoms with van der Waals surface area (Å²) in [4.78, 5) is 22.7. The first-order valence-corrected chi connectivity index (χ1v) is 9.67. The lowest BCUT2D eigenvalue weighted by atomic mass is 10.3. The van der Waals surface area contributed by atoms with E-state index in [4.69, 9.17) is 9.82 Å². The highest BCUT2D eigenvalue weighted by Gasteiger charge is 2.18. The van der Waals surface area contributed by atoms with Crippen molar-refractivity contribution in [1.82, 2.24) is 39.3 Å². The molecule has 5 rings (SSSR count). The Labute approximate surface area is 167 Å². The van der Waals surface area contributed by atoms with Crippen molar-refractivity contribution in [1.29, 1.82) is 0 Å². The molecule has 5 heterocycles. The van der Waals surface area contributed by atoms with Gasteiger partial charge in [0, 0.05) is 30.9 Å². The first kappa shape index (κ1) is 17.7. The van der Waals surface area contributed by atoms with E-state index in [0.717, 1.165) is 32.3 Å². The highest BCUT2D eigenvalue weighted by molar-refractivity contribution is 7.19. The molecular weight excluding hydrogens is 394 g/mol. The maximum Gasteiger partial charge on any atom is 0.291 e. The monoisotopic (exact) mass is 412 g/mol. The molecule has 0 aromatic carbocycles. The number of hydrogen-bond acceptors (Lipinski definition) is 7. The summed E-state index contributed by atoms with van der Waals surface area (Å²) in [5.74, 6) is 0.751. The van der Waals surface area contributed by atoms with Crippen LogP contribution in [0.1, 0.15) is 10.7 Å². The fourth-order valence-corrected chi connectivity index (χ4v) is 4.43. The summed E-state index contributed by atoms with van der Waals surface area (Å²) in [5.41, 5.74) is 3.62. The van der Waals surface area contributed by atoms with Gasteiger partial charge in [0.1, 0.15) is 10.5 Å². The predicted molar refractivity (Wildman–Crippen MR) is 106 cm³/mol. The van der Waals surface area contributed by atoms with E-state index in [1.807, 2.05) is 29.9 Å². The molecule has 11 nitrogen and oxygen atoms in total. The summed E-state index contributed by atoms with van der Waals surface area (Å²) in [6.45, 7) is 0.884.